The fraction of sp³-hybridized carbons (Fsp3) is 0.409. The zero-order valence-electron chi connectivity index (χ0n) is 14.0. The summed E-state index contributed by atoms with van der Waals surface area (Å²) in [5, 5.41) is 3.62. The van der Waals surface area contributed by atoms with E-state index < -0.39 is 0 Å². The average Bonchev–Trinajstić information content (AvgIpc) is 2.68. The van der Waals surface area contributed by atoms with Gasteiger partial charge in [0.15, 0.2) is 0 Å². The van der Waals surface area contributed by atoms with E-state index in [9.17, 15) is 4.79 Å². The molecule has 2 atom stereocenters. The molecule has 1 aliphatic heterocycles. The summed E-state index contributed by atoms with van der Waals surface area (Å²) >= 11 is 0. The first-order valence-corrected chi connectivity index (χ1v) is 9.19. The van der Waals surface area contributed by atoms with E-state index in [1.165, 1.54) is 42.4 Å². The maximum atomic E-state index is 11.5. The van der Waals surface area contributed by atoms with E-state index in [-0.39, 0.29) is 6.04 Å². The summed E-state index contributed by atoms with van der Waals surface area (Å²) in [7, 11) is 0. The second-order valence-corrected chi connectivity index (χ2v) is 7.31. The van der Waals surface area contributed by atoms with Gasteiger partial charge in [0.2, 0.25) is 0 Å². The van der Waals surface area contributed by atoms with Crippen LogP contribution in [0.25, 0.3) is 0 Å². The van der Waals surface area contributed by atoms with Gasteiger partial charge in [0, 0.05) is 6.04 Å². The standard InChI is InChI=1S/C22H25NO/c24-15-22-20-9-5-4-8-19(20)14-21(23-22)18-12-10-17(11-13-18)16-6-2-1-3-7-16/h1-9,15,17-18,21-23H,10-14H2. The number of carbonyl (C=O) groups is 1. The van der Waals surface area contributed by atoms with Crippen LogP contribution in [0.4, 0.5) is 0 Å². The molecule has 124 valence electrons. The lowest BCUT2D eigenvalue weighted by Crippen LogP contribution is -2.45. The van der Waals surface area contributed by atoms with E-state index in [1.807, 2.05) is 6.07 Å². The van der Waals surface area contributed by atoms with Gasteiger partial charge in [-0.05, 0) is 60.6 Å². The number of nitrogens with one attached hydrogen (secondary N) is 1. The molecule has 2 nitrogen and oxygen atoms in total. The van der Waals surface area contributed by atoms with Gasteiger partial charge >= 0.3 is 0 Å². The Bertz CT molecular complexity index is 688. The normalized spacial score (nSPS) is 29.7. The topological polar surface area (TPSA) is 29.1 Å². The van der Waals surface area contributed by atoms with Gasteiger partial charge in [-0.15, -0.1) is 0 Å². The highest BCUT2D eigenvalue weighted by atomic mass is 16.1. The Hall–Kier alpha value is -1.93. The van der Waals surface area contributed by atoms with Crippen molar-refractivity contribution in [1.29, 1.82) is 0 Å². The molecule has 0 bridgehead atoms. The number of rotatable bonds is 3. The number of fused-ring (bicyclic) bond motifs is 1. The molecule has 2 aliphatic rings. The van der Waals surface area contributed by atoms with Gasteiger partial charge in [-0.3, -0.25) is 0 Å². The predicted octanol–water partition coefficient (Wildman–Crippen LogP) is 4.41. The summed E-state index contributed by atoms with van der Waals surface area (Å²) < 4.78 is 0. The molecule has 1 aliphatic carbocycles. The fourth-order valence-corrected chi connectivity index (χ4v) is 4.64. The molecule has 0 aromatic heterocycles. The summed E-state index contributed by atoms with van der Waals surface area (Å²) in [6, 6.07) is 19.6. The Morgan fingerprint density at radius 1 is 0.875 bits per heavy atom. The van der Waals surface area contributed by atoms with Gasteiger partial charge in [-0.1, -0.05) is 54.6 Å². The van der Waals surface area contributed by atoms with Crippen LogP contribution in [0.3, 0.4) is 0 Å². The SMILES string of the molecule is O=CC1NC(C2CCC(c3ccccc3)CC2)Cc2ccccc21. The molecule has 1 heterocycles. The van der Waals surface area contributed by atoms with Crippen LogP contribution in [-0.4, -0.2) is 12.3 Å². The molecule has 0 saturated heterocycles. The fourth-order valence-electron chi connectivity index (χ4n) is 4.64. The van der Waals surface area contributed by atoms with Crippen LogP contribution in [-0.2, 0) is 11.2 Å². The smallest absolute Gasteiger partial charge is 0.141 e. The zero-order valence-corrected chi connectivity index (χ0v) is 14.0. The molecule has 2 aromatic carbocycles. The first-order chi connectivity index (χ1) is 11.8. The molecule has 2 unspecified atom stereocenters. The van der Waals surface area contributed by atoms with Crippen LogP contribution in [0, 0.1) is 5.92 Å². The van der Waals surface area contributed by atoms with Crippen LogP contribution in [0.15, 0.2) is 54.6 Å². The van der Waals surface area contributed by atoms with Crippen molar-refractivity contribution in [1.82, 2.24) is 5.32 Å². The highest BCUT2D eigenvalue weighted by Gasteiger charge is 2.33. The van der Waals surface area contributed by atoms with E-state index in [1.54, 1.807) is 0 Å². The average molecular weight is 319 g/mol. The maximum absolute atomic E-state index is 11.5. The number of carbonyl (C=O) groups excluding carboxylic acids is 1. The van der Waals surface area contributed by atoms with Crippen LogP contribution < -0.4 is 5.32 Å². The molecule has 2 heteroatoms. The number of hydrogen-bond acceptors (Lipinski definition) is 2. The van der Waals surface area contributed by atoms with Crippen molar-refractivity contribution >= 4 is 6.29 Å². The number of hydrogen-bond donors (Lipinski definition) is 1. The zero-order chi connectivity index (χ0) is 16.4. The summed E-state index contributed by atoms with van der Waals surface area (Å²) in [5.74, 6) is 1.39. The van der Waals surface area contributed by atoms with Crippen molar-refractivity contribution < 1.29 is 4.79 Å². The minimum absolute atomic E-state index is 0.133. The third-order valence-electron chi connectivity index (χ3n) is 5.97. The molecule has 0 spiro atoms. The monoisotopic (exact) mass is 319 g/mol. The molecule has 0 radical (unpaired) electrons. The Kier molecular flexibility index (Phi) is 4.48. The van der Waals surface area contributed by atoms with Gasteiger partial charge < -0.3 is 10.1 Å². The lowest BCUT2D eigenvalue weighted by Gasteiger charge is -2.39. The van der Waals surface area contributed by atoms with Crippen LogP contribution in [0.1, 0.15) is 54.3 Å². The van der Waals surface area contributed by atoms with Crippen molar-refractivity contribution in [3.05, 3.63) is 71.3 Å². The Morgan fingerprint density at radius 2 is 1.58 bits per heavy atom. The van der Waals surface area contributed by atoms with Gasteiger partial charge in [-0.2, -0.15) is 0 Å². The van der Waals surface area contributed by atoms with Gasteiger partial charge in [-0.25, -0.2) is 0 Å². The van der Waals surface area contributed by atoms with Crippen molar-refractivity contribution in [2.45, 2.75) is 50.1 Å². The molecule has 2 aromatic rings. The highest BCUT2D eigenvalue weighted by Crippen LogP contribution is 2.39. The molecule has 0 amide bonds. The summed E-state index contributed by atoms with van der Waals surface area (Å²) in [4.78, 5) is 11.5. The quantitative estimate of drug-likeness (QED) is 0.849. The van der Waals surface area contributed by atoms with E-state index >= 15 is 0 Å². The van der Waals surface area contributed by atoms with E-state index in [0.717, 1.165) is 12.7 Å². The Morgan fingerprint density at radius 3 is 2.33 bits per heavy atom. The van der Waals surface area contributed by atoms with Crippen molar-refractivity contribution in [2.75, 3.05) is 0 Å². The highest BCUT2D eigenvalue weighted by molar-refractivity contribution is 5.63. The minimum atomic E-state index is -0.133. The first kappa shape index (κ1) is 15.6. The van der Waals surface area contributed by atoms with E-state index in [0.29, 0.717) is 17.9 Å². The second-order valence-electron chi connectivity index (χ2n) is 7.31. The largest absolute Gasteiger partial charge is 0.301 e. The predicted molar refractivity (Wildman–Crippen MR) is 97.0 cm³/mol. The Labute approximate surface area is 144 Å². The molecular weight excluding hydrogens is 294 g/mol. The second kappa shape index (κ2) is 6.90. The number of aldehydes is 1. The molecule has 4 rings (SSSR count). The van der Waals surface area contributed by atoms with Crippen molar-refractivity contribution in [2.24, 2.45) is 5.92 Å². The van der Waals surface area contributed by atoms with Crippen LogP contribution in [0.2, 0.25) is 0 Å². The molecule has 1 fully saturated rings. The van der Waals surface area contributed by atoms with E-state index in [4.69, 9.17) is 0 Å². The Balaban J connectivity index is 1.44. The van der Waals surface area contributed by atoms with Crippen molar-refractivity contribution in [3.8, 4) is 0 Å². The summed E-state index contributed by atoms with van der Waals surface area (Å²) in [6.07, 6.45) is 7.16. The van der Waals surface area contributed by atoms with Gasteiger partial charge in [0.05, 0.1) is 6.04 Å². The van der Waals surface area contributed by atoms with Crippen LogP contribution >= 0.6 is 0 Å². The van der Waals surface area contributed by atoms with Gasteiger partial charge in [0.25, 0.3) is 0 Å². The number of benzene rings is 2. The first-order valence-electron chi connectivity index (χ1n) is 9.19. The summed E-state index contributed by atoms with van der Waals surface area (Å²) in [5.41, 5.74) is 4.01. The van der Waals surface area contributed by atoms with E-state index in [2.05, 4.69) is 53.8 Å². The summed E-state index contributed by atoms with van der Waals surface area (Å²) in [6.45, 7) is 0. The van der Waals surface area contributed by atoms with Crippen molar-refractivity contribution in [3.63, 3.8) is 0 Å². The lowest BCUT2D eigenvalue weighted by molar-refractivity contribution is -0.110. The van der Waals surface area contributed by atoms with Crippen LogP contribution in [0.5, 0.6) is 0 Å². The minimum Gasteiger partial charge on any atom is -0.301 e. The van der Waals surface area contributed by atoms with Gasteiger partial charge in [0.1, 0.15) is 6.29 Å². The lowest BCUT2D eigenvalue weighted by atomic mass is 9.73. The molecule has 1 N–H and O–H groups in total. The molecule has 1 saturated carbocycles. The third-order valence-corrected chi connectivity index (χ3v) is 5.97. The maximum Gasteiger partial charge on any atom is 0.141 e. The third kappa shape index (κ3) is 3.03. The molecule has 24 heavy (non-hydrogen) atoms. The molecular formula is C22H25NO.